The van der Waals surface area contributed by atoms with Crippen molar-refractivity contribution >= 4 is 29.5 Å². The molecular weight excluding hydrogens is 465 g/mol. The van der Waals surface area contributed by atoms with Crippen molar-refractivity contribution in [3.05, 3.63) is 24.6 Å². The van der Waals surface area contributed by atoms with Crippen LogP contribution in [0.1, 0.15) is 0 Å². The highest BCUT2D eigenvalue weighted by atomic mass is 31.3. The molecule has 0 radical (unpaired) electrons. The molecule has 2 heterocycles. The lowest BCUT2D eigenvalue weighted by atomic mass is 10.1. The highest BCUT2D eigenvalue weighted by Crippen LogP contribution is 2.66. The molecule has 1 fully saturated rings. The van der Waals surface area contributed by atoms with Crippen molar-refractivity contribution in [3.63, 3.8) is 0 Å². The molecule has 166 valence electrons. The molecule has 2 aliphatic heterocycles. The summed E-state index contributed by atoms with van der Waals surface area (Å²) in [5.41, 5.74) is 0.253. The molecule has 29 heavy (non-hydrogen) atoms. The van der Waals surface area contributed by atoms with Crippen molar-refractivity contribution in [1.82, 2.24) is 10.2 Å². The van der Waals surface area contributed by atoms with Crippen LogP contribution < -0.4 is 5.32 Å². The van der Waals surface area contributed by atoms with Gasteiger partial charge in [-0.15, -0.1) is 0 Å². The van der Waals surface area contributed by atoms with E-state index in [0.717, 1.165) is 4.90 Å². The normalized spacial score (nSPS) is 32.0. The number of allylic oxidation sites excluding steroid dienone is 1. The number of rotatable bonds is 8. The fourth-order valence-corrected chi connectivity index (χ4v) is 5.28. The number of urea groups is 1. The smallest absolute Gasteiger partial charge is 0.387 e. The zero-order chi connectivity index (χ0) is 22.2. The molecule has 1 saturated heterocycles. The Morgan fingerprint density at radius 3 is 2.28 bits per heavy atom. The second-order valence-corrected chi connectivity index (χ2v) is 10.0. The van der Waals surface area contributed by atoms with Crippen LogP contribution in [-0.4, -0.2) is 71.9 Å². The van der Waals surface area contributed by atoms with E-state index in [1.54, 1.807) is 0 Å². The molecule has 0 saturated carbocycles. The number of hydrogen-bond acceptors (Lipinski definition) is 10. The summed E-state index contributed by atoms with van der Waals surface area (Å²) in [6.45, 7) is 2.49. The van der Waals surface area contributed by atoms with Crippen molar-refractivity contribution in [3.8, 4) is 0 Å². The summed E-state index contributed by atoms with van der Waals surface area (Å²) >= 11 is 0. The Morgan fingerprint density at radius 1 is 1.10 bits per heavy atom. The van der Waals surface area contributed by atoms with Crippen LogP contribution in [0.2, 0.25) is 0 Å². The monoisotopic (exact) mass is 482 g/mol. The number of aliphatic hydroxyl groups excluding tert-OH is 2. The van der Waals surface area contributed by atoms with Gasteiger partial charge < -0.3 is 39.8 Å². The number of carbonyl (C=O) groups is 1. The maximum atomic E-state index is 11.9. The first-order valence-corrected chi connectivity index (χ1v) is 11.9. The number of ether oxygens (including phenoxy) is 1. The molecular formula is C10H17N2O14P3. The third-order valence-corrected chi connectivity index (χ3v) is 7.17. The van der Waals surface area contributed by atoms with Gasteiger partial charge in [-0.05, 0) is 6.08 Å². The first kappa shape index (κ1) is 24.3. The van der Waals surface area contributed by atoms with Crippen molar-refractivity contribution in [2.75, 3.05) is 6.61 Å². The number of phosphoric acid groups is 3. The number of phosphoric ester groups is 1. The minimum atomic E-state index is -5.70. The number of carbonyl (C=O) groups excluding carboxylic acids is 1. The second kappa shape index (κ2) is 8.65. The fraction of sp³-hybridized carbons (Fsp3) is 0.500. The summed E-state index contributed by atoms with van der Waals surface area (Å²) in [6.07, 6.45) is -3.77. The minimum absolute atomic E-state index is 0.253. The summed E-state index contributed by atoms with van der Waals surface area (Å²) in [4.78, 5) is 48.1. The maximum Gasteiger partial charge on any atom is 0.490 e. The van der Waals surface area contributed by atoms with Crippen LogP contribution in [0.3, 0.4) is 0 Å². The van der Waals surface area contributed by atoms with Crippen molar-refractivity contribution in [1.29, 1.82) is 0 Å². The van der Waals surface area contributed by atoms with Crippen molar-refractivity contribution < 1.29 is 66.2 Å². The Hall–Kier alpha value is -0.960. The van der Waals surface area contributed by atoms with Gasteiger partial charge in [-0.1, -0.05) is 6.58 Å². The Kier molecular flexibility index (Phi) is 7.25. The van der Waals surface area contributed by atoms with E-state index in [0.29, 0.717) is 0 Å². The van der Waals surface area contributed by atoms with Gasteiger partial charge in [0.25, 0.3) is 0 Å². The first-order chi connectivity index (χ1) is 13.1. The standard InChI is InChI=1S/C10H17N2O14P3/c1-5-2-3-12(10(15)11-5)9-8(14)7(13)6(24-9)4-23-28(19,20)26-29(21,22)25-27(16,17)18/h2-3,6-9,13-14H,1,4H2,(H,11,15)(H,19,20)(H,21,22)(H2,16,17,18)/t6-,7?,8+,9-/m1/s1. The van der Waals surface area contributed by atoms with E-state index in [9.17, 15) is 33.6 Å². The van der Waals surface area contributed by atoms with E-state index in [-0.39, 0.29) is 5.70 Å². The SMILES string of the molecule is C=C1C=CN([C@@H]2O[C@H](COP(=O)(O)OP(=O)(O)OP(=O)(O)O)C(O)[C@@H]2O)C(=O)N1. The Balaban J connectivity index is 2.00. The van der Waals surface area contributed by atoms with E-state index >= 15 is 0 Å². The third kappa shape index (κ3) is 6.77. The Labute approximate surface area is 162 Å². The molecule has 3 unspecified atom stereocenters. The van der Waals surface area contributed by atoms with Gasteiger partial charge in [0.05, 0.1) is 6.61 Å². The Bertz CT molecular complexity index is 839. The third-order valence-electron chi connectivity index (χ3n) is 3.37. The molecule has 7 N–H and O–H groups in total. The number of hydrogen-bond donors (Lipinski definition) is 7. The van der Waals surface area contributed by atoms with Gasteiger partial charge >= 0.3 is 29.5 Å². The highest BCUT2D eigenvalue weighted by molar-refractivity contribution is 7.66. The molecule has 2 aliphatic rings. The zero-order valence-corrected chi connectivity index (χ0v) is 16.8. The molecule has 2 rings (SSSR count). The van der Waals surface area contributed by atoms with Crippen LogP contribution in [0.4, 0.5) is 4.79 Å². The molecule has 16 nitrogen and oxygen atoms in total. The molecule has 6 atom stereocenters. The van der Waals surface area contributed by atoms with Gasteiger partial charge in [0.2, 0.25) is 0 Å². The first-order valence-electron chi connectivity index (χ1n) is 7.37. The minimum Gasteiger partial charge on any atom is -0.387 e. The summed E-state index contributed by atoms with van der Waals surface area (Å²) in [5.74, 6) is 0. The van der Waals surface area contributed by atoms with Crippen LogP contribution in [0.5, 0.6) is 0 Å². The average molecular weight is 482 g/mol. The highest BCUT2D eigenvalue weighted by Gasteiger charge is 2.48. The lowest BCUT2D eigenvalue weighted by molar-refractivity contribution is -0.0645. The van der Waals surface area contributed by atoms with E-state index < -0.39 is 60.6 Å². The molecule has 0 aromatic carbocycles. The number of nitrogens with zero attached hydrogens (tertiary/aromatic N) is 1. The quantitative estimate of drug-likeness (QED) is 0.202. The fourth-order valence-electron chi connectivity index (χ4n) is 2.25. The number of nitrogens with one attached hydrogen (secondary N) is 1. The lowest BCUT2D eigenvalue weighted by Crippen LogP contribution is -2.49. The van der Waals surface area contributed by atoms with Gasteiger partial charge in [-0.25, -0.2) is 18.5 Å². The number of amides is 2. The molecule has 2 amide bonds. The molecule has 19 heteroatoms. The van der Waals surface area contributed by atoms with E-state index in [1.165, 1.54) is 12.3 Å². The van der Waals surface area contributed by atoms with Gasteiger partial charge in [0.15, 0.2) is 6.23 Å². The zero-order valence-electron chi connectivity index (χ0n) is 14.1. The van der Waals surface area contributed by atoms with E-state index in [2.05, 4.69) is 25.0 Å². The predicted molar refractivity (Wildman–Crippen MR) is 89.1 cm³/mol. The molecule has 0 aromatic rings. The summed E-state index contributed by atoms with van der Waals surface area (Å²) < 4.78 is 50.1. The van der Waals surface area contributed by atoms with E-state index in [4.69, 9.17) is 19.4 Å². The van der Waals surface area contributed by atoms with Crippen molar-refractivity contribution in [2.24, 2.45) is 0 Å². The summed E-state index contributed by atoms with van der Waals surface area (Å²) in [6, 6.07) is -0.748. The van der Waals surface area contributed by atoms with Crippen LogP contribution >= 0.6 is 23.5 Å². The molecule has 0 bridgehead atoms. The number of aliphatic hydroxyl groups is 2. The Morgan fingerprint density at radius 2 is 1.72 bits per heavy atom. The average Bonchev–Trinajstić information content (AvgIpc) is 2.78. The van der Waals surface area contributed by atoms with E-state index in [1.807, 2.05) is 0 Å². The second-order valence-electron chi connectivity index (χ2n) is 5.61. The maximum absolute atomic E-state index is 11.9. The van der Waals surface area contributed by atoms with Gasteiger partial charge in [0.1, 0.15) is 18.3 Å². The van der Waals surface area contributed by atoms with Gasteiger partial charge in [0, 0.05) is 11.9 Å². The molecule has 0 aliphatic carbocycles. The predicted octanol–water partition coefficient (Wildman–Crippen LogP) is -1.17. The largest absolute Gasteiger partial charge is 0.490 e. The summed E-state index contributed by atoms with van der Waals surface area (Å²) in [7, 11) is -16.7. The van der Waals surface area contributed by atoms with Gasteiger partial charge in [-0.3, -0.25) is 9.42 Å². The molecule has 0 spiro atoms. The van der Waals surface area contributed by atoms with Crippen LogP contribution in [0, 0.1) is 0 Å². The van der Waals surface area contributed by atoms with Crippen LogP contribution in [0.25, 0.3) is 0 Å². The topological polar surface area (TPSA) is 242 Å². The van der Waals surface area contributed by atoms with Crippen LogP contribution in [0.15, 0.2) is 24.6 Å². The summed E-state index contributed by atoms with van der Waals surface area (Å²) in [5, 5.41) is 22.3. The lowest BCUT2D eigenvalue weighted by Gasteiger charge is -2.30. The van der Waals surface area contributed by atoms with Crippen LogP contribution in [-0.2, 0) is 31.6 Å². The molecule has 0 aromatic heterocycles. The van der Waals surface area contributed by atoms with Gasteiger partial charge in [-0.2, -0.15) is 8.62 Å². The van der Waals surface area contributed by atoms with Crippen molar-refractivity contribution in [2.45, 2.75) is 24.5 Å².